The smallest absolute Gasteiger partial charge is 0.259 e. The van der Waals surface area contributed by atoms with Gasteiger partial charge in [0.2, 0.25) is 15.9 Å². The van der Waals surface area contributed by atoms with Crippen molar-refractivity contribution in [1.29, 1.82) is 0 Å². The fraction of sp³-hybridized carbons (Fsp3) is 0.429. The number of carbonyl (C=O) groups is 2. The Balaban J connectivity index is 1.44. The van der Waals surface area contributed by atoms with Crippen molar-refractivity contribution < 1.29 is 18.0 Å². The van der Waals surface area contributed by atoms with Crippen molar-refractivity contribution in [1.82, 2.24) is 9.21 Å². The van der Waals surface area contributed by atoms with Crippen LogP contribution in [0.2, 0.25) is 0 Å². The topological polar surface area (TPSA) is 86.8 Å². The van der Waals surface area contributed by atoms with E-state index in [9.17, 15) is 18.0 Å². The van der Waals surface area contributed by atoms with Crippen molar-refractivity contribution in [3.05, 3.63) is 66.2 Å². The van der Waals surface area contributed by atoms with Crippen LogP contribution in [0.4, 0.5) is 5.69 Å². The molecule has 8 heteroatoms. The second-order valence-corrected chi connectivity index (χ2v) is 12.0. The molecule has 2 amide bonds. The van der Waals surface area contributed by atoms with Gasteiger partial charge in [-0.05, 0) is 61.6 Å². The molecule has 3 fully saturated rings. The van der Waals surface area contributed by atoms with Crippen LogP contribution in [-0.4, -0.2) is 54.1 Å². The number of rotatable bonds is 7. The number of sulfonamides is 1. The molecule has 1 saturated carbocycles. The molecule has 5 rings (SSSR count). The summed E-state index contributed by atoms with van der Waals surface area (Å²) in [4.78, 5) is 28.7. The number of nitrogens with one attached hydrogen (secondary N) is 1. The van der Waals surface area contributed by atoms with E-state index < -0.39 is 15.6 Å². The molecule has 1 atom stereocenters. The summed E-state index contributed by atoms with van der Waals surface area (Å²) in [7, 11) is -3.52. The number of amides is 2. The first kappa shape index (κ1) is 24.7. The van der Waals surface area contributed by atoms with E-state index in [1.807, 2.05) is 36.4 Å². The Morgan fingerprint density at radius 1 is 0.861 bits per heavy atom. The lowest BCUT2D eigenvalue weighted by molar-refractivity contribution is -0.142. The van der Waals surface area contributed by atoms with E-state index in [0.29, 0.717) is 18.8 Å². The molecular weight excluding hydrogens is 474 g/mol. The summed E-state index contributed by atoms with van der Waals surface area (Å²) in [6.45, 7) is 1.09. The molecule has 1 aliphatic carbocycles. The van der Waals surface area contributed by atoms with Crippen LogP contribution < -0.4 is 5.32 Å². The summed E-state index contributed by atoms with van der Waals surface area (Å²) in [5.41, 5.74) is 0.307. The van der Waals surface area contributed by atoms with E-state index in [4.69, 9.17) is 0 Å². The SMILES string of the molecule is O=C1C[C@](/C=C/c2ccccc2)(Nc2ccc(S(=O)(=O)N3CCCC3)cc2)C(=O)N1C1CCCCC1. The lowest BCUT2D eigenvalue weighted by Crippen LogP contribution is -2.48. The lowest BCUT2D eigenvalue weighted by Gasteiger charge is -2.32. The number of likely N-dealkylation sites (tertiary alicyclic amines) is 1. The van der Waals surface area contributed by atoms with Crippen LogP contribution in [0.5, 0.6) is 0 Å². The minimum Gasteiger partial charge on any atom is -0.368 e. The first-order chi connectivity index (χ1) is 17.4. The molecular formula is C28H33N3O4S. The van der Waals surface area contributed by atoms with E-state index in [0.717, 1.165) is 50.5 Å². The molecule has 0 unspecified atom stereocenters. The predicted octanol–water partition coefficient (Wildman–Crippen LogP) is 4.43. The van der Waals surface area contributed by atoms with E-state index in [1.165, 1.54) is 9.21 Å². The molecule has 2 aromatic carbocycles. The van der Waals surface area contributed by atoms with Gasteiger partial charge in [-0.25, -0.2) is 8.42 Å². The minimum atomic E-state index is -3.52. The number of benzene rings is 2. The Morgan fingerprint density at radius 2 is 1.53 bits per heavy atom. The summed E-state index contributed by atoms with van der Waals surface area (Å²) in [5.74, 6) is -0.398. The molecule has 2 aromatic rings. The van der Waals surface area contributed by atoms with Crippen molar-refractivity contribution in [2.75, 3.05) is 18.4 Å². The third-order valence-electron chi connectivity index (χ3n) is 7.52. The fourth-order valence-corrected chi connectivity index (χ4v) is 7.07. The molecule has 190 valence electrons. The number of nitrogens with zero attached hydrogens (tertiary/aromatic N) is 2. The van der Waals surface area contributed by atoms with Gasteiger partial charge in [0, 0.05) is 24.8 Å². The van der Waals surface area contributed by atoms with Gasteiger partial charge in [-0.15, -0.1) is 0 Å². The summed E-state index contributed by atoms with van der Waals surface area (Å²) in [5, 5.41) is 3.31. The second-order valence-electron chi connectivity index (χ2n) is 10.0. The summed E-state index contributed by atoms with van der Waals surface area (Å²) >= 11 is 0. The predicted molar refractivity (Wildman–Crippen MR) is 140 cm³/mol. The zero-order chi connectivity index (χ0) is 25.2. The summed E-state index contributed by atoms with van der Waals surface area (Å²) in [6, 6.07) is 16.1. The average molecular weight is 508 g/mol. The van der Waals surface area contributed by atoms with Crippen molar-refractivity contribution in [2.24, 2.45) is 0 Å². The molecule has 0 aromatic heterocycles. The van der Waals surface area contributed by atoms with Crippen LogP contribution in [0.15, 0.2) is 65.6 Å². The van der Waals surface area contributed by atoms with Crippen molar-refractivity contribution >= 4 is 33.6 Å². The van der Waals surface area contributed by atoms with E-state index in [-0.39, 0.29) is 29.2 Å². The maximum absolute atomic E-state index is 13.9. The van der Waals surface area contributed by atoms with Gasteiger partial charge in [-0.3, -0.25) is 14.5 Å². The first-order valence-electron chi connectivity index (χ1n) is 12.9. The van der Waals surface area contributed by atoms with Crippen molar-refractivity contribution in [3.8, 4) is 0 Å². The van der Waals surface area contributed by atoms with Crippen LogP contribution in [0, 0.1) is 0 Å². The molecule has 1 N–H and O–H groups in total. The molecule has 3 aliphatic rings. The molecule has 2 aliphatic heterocycles. The maximum atomic E-state index is 13.9. The standard InChI is InChI=1S/C28H33N3O4S/c32-26-21-28(18-17-22-9-3-1-4-10-22,27(33)31(26)24-11-5-2-6-12-24)29-23-13-15-25(16-14-23)36(34,35)30-19-7-8-20-30/h1,3-4,9-10,13-18,24,29H,2,5-8,11-12,19-21H2/b18-17+/t28-/m0/s1. The molecule has 2 heterocycles. The number of anilines is 1. The van der Waals surface area contributed by atoms with Gasteiger partial charge in [0.1, 0.15) is 5.54 Å². The number of carbonyl (C=O) groups excluding carboxylic acids is 2. The quantitative estimate of drug-likeness (QED) is 0.561. The highest BCUT2D eigenvalue weighted by molar-refractivity contribution is 7.89. The van der Waals surface area contributed by atoms with Crippen LogP contribution >= 0.6 is 0 Å². The molecule has 36 heavy (non-hydrogen) atoms. The van der Waals surface area contributed by atoms with Crippen LogP contribution in [-0.2, 0) is 19.6 Å². The maximum Gasteiger partial charge on any atom is 0.259 e. The van der Waals surface area contributed by atoms with Gasteiger partial charge in [-0.1, -0.05) is 55.7 Å². The number of imide groups is 1. The Bertz CT molecular complexity index is 1230. The summed E-state index contributed by atoms with van der Waals surface area (Å²) < 4.78 is 27.3. The largest absolute Gasteiger partial charge is 0.368 e. The fourth-order valence-electron chi connectivity index (χ4n) is 5.55. The monoisotopic (exact) mass is 507 g/mol. The zero-order valence-electron chi connectivity index (χ0n) is 20.4. The second kappa shape index (κ2) is 10.2. The third-order valence-corrected chi connectivity index (χ3v) is 9.44. The van der Waals surface area contributed by atoms with Crippen LogP contribution in [0.25, 0.3) is 6.08 Å². The lowest BCUT2D eigenvalue weighted by atomic mass is 9.93. The van der Waals surface area contributed by atoms with Crippen molar-refractivity contribution in [3.63, 3.8) is 0 Å². The molecule has 0 bridgehead atoms. The van der Waals surface area contributed by atoms with Crippen molar-refractivity contribution in [2.45, 2.75) is 67.8 Å². The Labute approximate surface area is 213 Å². The first-order valence-corrected chi connectivity index (χ1v) is 14.3. The van der Waals surface area contributed by atoms with Gasteiger partial charge in [0.15, 0.2) is 0 Å². The highest BCUT2D eigenvalue weighted by Gasteiger charge is 2.52. The van der Waals surface area contributed by atoms with Gasteiger partial charge in [0.25, 0.3) is 5.91 Å². The zero-order valence-corrected chi connectivity index (χ0v) is 21.3. The molecule has 0 spiro atoms. The molecule has 0 radical (unpaired) electrons. The van der Waals surface area contributed by atoms with Crippen LogP contribution in [0.1, 0.15) is 56.9 Å². The average Bonchev–Trinajstić information content (AvgIpc) is 3.52. The number of hydrogen-bond acceptors (Lipinski definition) is 5. The van der Waals surface area contributed by atoms with Gasteiger partial charge >= 0.3 is 0 Å². The third kappa shape index (κ3) is 4.84. The highest BCUT2D eigenvalue weighted by Crippen LogP contribution is 2.36. The number of hydrogen-bond donors (Lipinski definition) is 1. The molecule has 2 saturated heterocycles. The minimum absolute atomic E-state index is 0.0273. The Kier molecular flexibility index (Phi) is 6.99. The van der Waals surface area contributed by atoms with E-state index in [2.05, 4.69) is 5.32 Å². The summed E-state index contributed by atoms with van der Waals surface area (Å²) in [6.07, 6.45) is 10.3. The normalized spacial score (nSPS) is 24.2. The van der Waals surface area contributed by atoms with Crippen LogP contribution in [0.3, 0.4) is 0 Å². The highest BCUT2D eigenvalue weighted by atomic mass is 32.2. The Morgan fingerprint density at radius 3 is 2.19 bits per heavy atom. The van der Waals surface area contributed by atoms with Gasteiger partial charge in [0.05, 0.1) is 11.3 Å². The van der Waals surface area contributed by atoms with Gasteiger partial charge < -0.3 is 5.32 Å². The van der Waals surface area contributed by atoms with E-state index in [1.54, 1.807) is 30.3 Å². The molecule has 7 nitrogen and oxygen atoms in total. The van der Waals surface area contributed by atoms with Gasteiger partial charge in [-0.2, -0.15) is 4.31 Å². The van der Waals surface area contributed by atoms with E-state index >= 15 is 0 Å². The Hall–Kier alpha value is -2.97.